The summed E-state index contributed by atoms with van der Waals surface area (Å²) in [7, 11) is 0. The van der Waals surface area contributed by atoms with E-state index in [2.05, 4.69) is 41.9 Å². The van der Waals surface area contributed by atoms with Crippen molar-refractivity contribution in [2.45, 2.75) is 0 Å². The molecule has 0 fully saturated rings. The Hall–Kier alpha value is -2.02. The van der Waals surface area contributed by atoms with Crippen molar-refractivity contribution in [3.05, 3.63) is 40.4 Å². The van der Waals surface area contributed by atoms with Crippen molar-refractivity contribution in [1.82, 2.24) is 20.6 Å². The van der Waals surface area contributed by atoms with Gasteiger partial charge in [-0.25, -0.2) is 0 Å². The van der Waals surface area contributed by atoms with Gasteiger partial charge in [-0.1, -0.05) is 33.2 Å². The molecule has 0 aliphatic heterocycles. The summed E-state index contributed by atoms with van der Waals surface area (Å²) in [6.07, 6.45) is 3.10. The van der Waals surface area contributed by atoms with Crippen molar-refractivity contribution in [3.63, 3.8) is 0 Å². The van der Waals surface area contributed by atoms with Crippen LogP contribution in [0, 0.1) is 0 Å². The second-order valence-corrected chi connectivity index (χ2v) is 4.03. The number of hydrogen-bond donors (Lipinski definition) is 2. The molecule has 1 aromatic heterocycles. The van der Waals surface area contributed by atoms with E-state index in [0.717, 1.165) is 10.0 Å². The van der Waals surface area contributed by atoms with Crippen LogP contribution < -0.4 is 5.32 Å². The van der Waals surface area contributed by atoms with Crippen LogP contribution in [0.4, 0.5) is 5.95 Å². The molecule has 0 radical (unpaired) electrons. The molecule has 0 spiro atoms. The Morgan fingerprint density at radius 2 is 2.35 bits per heavy atom. The van der Waals surface area contributed by atoms with Crippen LogP contribution in [0.15, 0.2) is 34.8 Å². The van der Waals surface area contributed by atoms with Crippen LogP contribution in [-0.2, 0) is 4.79 Å². The molecule has 0 aliphatic carbocycles. The highest BCUT2D eigenvalue weighted by Crippen LogP contribution is 2.12. The fourth-order valence-electron chi connectivity index (χ4n) is 1.15. The Morgan fingerprint density at radius 1 is 1.47 bits per heavy atom. The molecular formula is C10H8BrN5O. The van der Waals surface area contributed by atoms with Crippen molar-refractivity contribution >= 4 is 33.9 Å². The van der Waals surface area contributed by atoms with Crippen LogP contribution >= 0.6 is 15.9 Å². The SMILES string of the molecule is O=C(C=Cc1cccc(Br)c1)Nc1nn[nH]n1. The maximum absolute atomic E-state index is 11.4. The lowest BCUT2D eigenvalue weighted by Crippen LogP contribution is -2.09. The van der Waals surface area contributed by atoms with Gasteiger partial charge in [-0.3, -0.25) is 10.1 Å². The van der Waals surface area contributed by atoms with Crippen LogP contribution in [0.3, 0.4) is 0 Å². The summed E-state index contributed by atoms with van der Waals surface area (Å²) >= 11 is 3.35. The molecule has 0 aliphatic rings. The number of tetrazole rings is 1. The average Bonchev–Trinajstić information content (AvgIpc) is 2.79. The van der Waals surface area contributed by atoms with Crippen molar-refractivity contribution < 1.29 is 4.79 Å². The lowest BCUT2D eigenvalue weighted by atomic mass is 10.2. The van der Waals surface area contributed by atoms with Gasteiger partial charge in [0.1, 0.15) is 0 Å². The van der Waals surface area contributed by atoms with E-state index in [1.807, 2.05) is 24.3 Å². The van der Waals surface area contributed by atoms with E-state index in [1.165, 1.54) is 6.08 Å². The topological polar surface area (TPSA) is 83.6 Å². The fraction of sp³-hybridized carbons (Fsp3) is 0. The van der Waals surface area contributed by atoms with E-state index in [4.69, 9.17) is 0 Å². The molecule has 0 saturated heterocycles. The highest BCUT2D eigenvalue weighted by atomic mass is 79.9. The molecule has 0 saturated carbocycles. The normalized spacial score (nSPS) is 10.6. The number of rotatable bonds is 3. The second-order valence-electron chi connectivity index (χ2n) is 3.11. The number of amides is 1. The molecule has 1 aromatic carbocycles. The highest BCUT2D eigenvalue weighted by Gasteiger charge is 2.00. The standard InChI is InChI=1S/C10H8BrN5O/c11-8-3-1-2-7(6-8)4-5-9(17)12-10-13-15-16-14-10/h1-6H,(H2,12,13,14,15,16,17). The van der Waals surface area contributed by atoms with Crippen LogP contribution in [0.25, 0.3) is 6.08 Å². The summed E-state index contributed by atoms with van der Waals surface area (Å²) in [6, 6.07) is 7.60. The maximum atomic E-state index is 11.4. The summed E-state index contributed by atoms with van der Waals surface area (Å²) in [5.41, 5.74) is 0.919. The van der Waals surface area contributed by atoms with Gasteiger partial charge < -0.3 is 0 Å². The summed E-state index contributed by atoms with van der Waals surface area (Å²) < 4.78 is 0.957. The first kappa shape index (κ1) is 11.5. The number of halogens is 1. The van der Waals surface area contributed by atoms with Gasteiger partial charge in [0.2, 0.25) is 0 Å². The summed E-state index contributed by atoms with van der Waals surface area (Å²) in [6.45, 7) is 0. The number of aromatic amines is 1. The molecule has 0 bridgehead atoms. The number of H-pyrrole nitrogens is 1. The molecule has 2 aromatic rings. The largest absolute Gasteiger partial charge is 0.288 e. The molecule has 0 unspecified atom stereocenters. The number of carbonyl (C=O) groups excluding carboxylic acids is 1. The zero-order valence-electron chi connectivity index (χ0n) is 8.59. The van der Waals surface area contributed by atoms with Gasteiger partial charge in [-0.15, -0.1) is 5.10 Å². The maximum Gasteiger partial charge on any atom is 0.270 e. The zero-order chi connectivity index (χ0) is 12.1. The Kier molecular flexibility index (Phi) is 3.61. The van der Waals surface area contributed by atoms with Gasteiger partial charge in [0.15, 0.2) is 0 Å². The van der Waals surface area contributed by atoms with Gasteiger partial charge in [0.05, 0.1) is 0 Å². The number of nitrogens with one attached hydrogen (secondary N) is 2. The molecule has 2 rings (SSSR count). The Morgan fingerprint density at radius 3 is 3.06 bits per heavy atom. The fourth-order valence-corrected chi connectivity index (χ4v) is 1.57. The number of benzene rings is 1. The summed E-state index contributed by atoms with van der Waals surface area (Å²) in [5, 5.41) is 15.2. The Bertz CT molecular complexity index is 537. The molecule has 1 amide bonds. The number of hydrogen-bond acceptors (Lipinski definition) is 4. The minimum atomic E-state index is -0.314. The molecule has 0 atom stereocenters. The minimum absolute atomic E-state index is 0.147. The van der Waals surface area contributed by atoms with Gasteiger partial charge >= 0.3 is 0 Å². The van der Waals surface area contributed by atoms with E-state index < -0.39 is 0 Å². The first-order chi connectivity index (χ1) is 8.24. The van der Waals surface area contributed by atoms with Crippen LogP contribution in [0.2, 0.25) is 0 Å². The molecule has 7 heteroatoms. The third-order valence-electron chi connectivity index (χ3n) is 1.86. The number of nitrogens with zero attached hydrogens (tertiary/aromatic N) is 3. The van der Waals surface area contributed by atoms with Crippen molar-refractivity contribution in [2.24, 2.45) is 0 Å². The predicted octanol–water partition coefficient (Wildman–Crippen LogP) is 1.61. The molecular weight excluding hydrogens is 286 g/mol. The van der Waals surface area contributed by atoms with Crippen molar-refractivity contribution in [3.8, 4) is 0 Å². The molecule has 6 nitrogen and oxygen atoms in total. The predicted molar refractivity (Wildman–Crippen MR) is 66.0 cm³/mol. The first-order valence-corrected chi connectivity index (χ1v) is 5.51. The monoisotopic (exact) mass is 293 g/mol. The van der Waals surface area contributed by atoms with Crippen LogP contribution in [0.1, 0.15) is 5.56 Å². The smallest absolute Gasteiger partial charge is 0.270 e. The summed E-state index contributed by atoms with van der Waals surface area (Å²) in [4.78, 5) is 11.4. The second kappa shape index (κ2) is 5.35. The van der Waals surface area contributed by atoms with Crippen molar-refractivity contribution in [2.75, 3.05) is 5.32 Å². The van der Waals surface area contributed by atoms with Crippen molar-refractivity contribution in [1.29, 1.82) is 0 Å². The van der Waals surface area contributed by atoms with E-state index in [0.29, 0.717) is 0 Å². The lowest BCUT2D eigenvalue weighted by Gasteiger charge is -1.95. The van der Waals surface area contributed by atoms with Gasteiger partial charge in [-0.05, 0) is 29.0 Å². The lowest BCUT2D eigenvalue weighted by molar-refractivity contribution is -0.111. The number of anilines is 1. The van der Waals surface area contributed by atoms with E-state index in [-0.39, 0.29) is 11.9 Å². The van der Waals surface area contributed by atoms with Crippen LogP contribution in [0.5, 0.6) is 0 Å². The first-order valence-electron chi connectivity index (χ1n) is 4.72. The number of aromatic nitrogens is 4. The average molecular weight is 294 g/mol. The Balaban J connectivity index is 1.99. The summed E-state index contributed by atoms with van der Waals surface area (Å²) in [5.74, 6) is -0.166. The number of carbonyl (C=O) groups is 1. The third kappa shape index (κ3) is 3.49. The van der Waals surface area contributed by atoms with E-state index in [1.54, 1.807) is 6.08 Å². The van der Waals surface area contributed by atoms with Gasteiger partial charge in [0.25, 0.3) is 11.9 Å². The third-order valence-corrected chi connectivity index (χ3v) is 2.35. The van der Waals surface area contributed by atoms with Crippen LogP contribution in [-0.4, -0.2) is 26.5 Å². The highest BCUT2D eigenvalue weighted by molar-refractivity contribution is 9.10. The van der Waals surface area contributed by atoms with Gasteiger partial charge in [0, 0.05) is 10.5 Å². The molecule has 2 N–H and O–H groups in total. The minimum Gasteiger partial charge on any atom is -0.288 e. The Labute approximate surface area is 105 Å². The molecule has 17 heavy (non-hydrogen) atoms. The van der Waals surface area contributed by atoms with E-state index >= 15 is 0 Å². The molecule has 86 valence electrons. The quantitative estimate of drug-likeness (QED) is 0.842. The van der Waals surface area contributed by atoms with Gasteiger partial charge in [-0.2, -0.15) is 5.21 Å². The zero-order valence-corrected chi connectivity index (χ0v) is 10.2. The van der Waals surface area contributed by atoms with E-state index in [9.17, 15) is 4.79 Å². The molecule has 1 heterocycles.